The van der Waals surface area contributed by atoms with Gasteiger partial charge in [-0.2, -0.15) is 0 Å². The van der Waals surface area contributed by atoms with Crippen LogP contribution >= 0.6 is 11.6 Å². The van der Waals surface area contributed by atoms with E-state index in [0.29, 0.717) is 36.7 Å². The van der Waals surface area contributed by atoms with Crippen LogP contribution in [0, 0.1) is 0 Å². The van der Waals surface area contributed by atoms with Crippen molar-refractivity contribution in [2.75, 3.05) is 13.1 Å². The maximum absolute atomic E-state index is 12.1. The van der Waals surface area contributed by atoms with E-state index in [0.717, 1.165) is 6.29 Å². The molecule has 6 heteroatoms. The molecule has 1 saturated heterocycles. The van der Waals surface area contributed by atoms with E-state index in [-0.39, 0.29) is 6.09 Å². The molecule has 0 spiro atoms. The lowest BCUT2D eigenvalue weighted by molar-refractivity contribution is -0.125. The fourth-order valence-electron chi connectivity index (χ4n) is 2.38. The number of nitrogens with zero attached hydrogens (tertiary/aromatic N) is 1. The van der Waals surface area contributed by atoms with Gasteiger partial charge in [-0.15, -0.1) is 0 Å². The molecule has 0 saturated carbocycles. The third-order valence-electron chi connectivity index (χ3n) is 3.63. The highest BCUT2D eigenvalue weighted by Crippen LogP contribution is 2.32. The molecule has 0 aliphatic carbocycles. The molecule has 1 aromatic rings. The fourth-order valence-corrected chi connectivity index (χ4v) is 2.56. The second kappa shape index (κ2) is 6.79. The van der Waals surface area contributed by atoms with Crippen LogP contribution in [-0.2, 0) is 9.53 Å². The molecule has 1 aliphatic heterocycles. The van der Waals surface area contributed by atoms with Crippen LogP contribution in [0.5, 0.6) is 5.75 Å². The summed E-state index contributed by atoms with van der Waals surface area (Å²) in [4.78, 5) is 25.3. The summed E-state index contributed by atoms with van der Waals surface area (Å²) in [7, 11) is 0. The number of carbonyl (C=O) groups is 2. The van der Waals surface area contributed by atoms with Gasteiger partial charge in [-0.3, -0.25) is 4.79 Å². The Labute approximate surface area is 141 Å². The van der Waals surface area contributed by atoms with Gasteiger partial charge in [0.2, 0.25) is 0 Å². The lowest BCUT2D eigenvalue weighted by atomic mass is 9.92. The number of carbonyl (C=O) groups excluding carboxylic acids is 2. The number of likely N-dealkylation sites (tertiary alicyclic amines) is 1. The van der Waals surface area contributed by atoms with Crippen molar-refractivity contribution in [3.8, 4) is 5.75 Å². The second-order valence-electron chi connectivity index (χ2n) is 6.68. The number of hydrogen-bond donors (Lipinski definition) is 0. The molecule has 2 rings (SSSR count). The first-order valence-electron chi connectivity index (χ1n) is 7.62. The first kappa shape index (κ1) is 17.6. The summed E-state index contributed by atoms with van der Waals surface area (Å²) in [6.45, 7) is 6.28. The van der Waals surface area contributed by atoms with Gasteiger partial charge < -0.3 is 14.4 Å². The molecule has 1 aromatic carbocycles. The summed E-state index contributed by atoms with van der Waals surface area (Å²) < 4.78 is 11.2. The minimum Gasteiger partial charge on any atom is -0.478 e. The summed E-state index contributed by atoms with van der Waals surface area (Å²) in [6.07, 6.45) is 1.25. The Hall–Kier alpha value is -1.75. The number of amides is 1. The Bertz CT molecular complexity index is 574. The van der Waals surface area contributed by atoms with Gasteiger partial charge in [0.25, 0.3) is 0 Å². The number of ether oxygens (including phenoxy) is 2. The average Bonchev–Trinajstić information content (AvgIpc) is 2.48. The summed E-state index contributed by atoms with van der Waals surface area (Å²) in [5, 5.41) is 0.461. The molecule has 5 nitrogen and oxygen atoms in total. The maximum atomic E-state index is 12.1. The smallest absolute Gasteiger partial charge is 0.410 e. The number of aldehydes is 1. The van der Waals surface area contributed by atoms with Gasteiger partial charge in [0.05, 0.1) is 5.02 Å². The number of hydrogen-bond acceptors (Lipinski definition) is 4. The summed E-state index contributed by atoms with van der Waals surface area (Å²) in [5.74, 6) is 0.479. The van der Waals surface area contributed by atoms with E-state index in [1.165, 1.54) is 0 Å². The Morgan fingerprint density at radius 3 is 2.39 bits per heavy atom. The first-order valence-corrected chi connectivity index (χ1v) is 8.00. The van der Waals surface area contributed by atoms with Crippen LogP contribution < -0.4 is 4.74 Å². The topological polar surface area (TPSA) is 55.8 Å². The summed E-state index contributed by atoms with van der Waals surface area (Å²) in [6, 6.07) is 7.04. The van der Waals surface area contributed by atoms with Crippen molar-refractivity contribution in [2.45, 2.75) is 44.8 Å². The van der Waals surface area contributed by atoms with Gasteiger partial charge >= 0.3 is 6.09 Å². The monoisotopic (exact) mass is 339 g/mol. The molecule has 1 fully saturated rings. The average molecular weight is 340 g/mol. The van der Waals surface area contributed by atoms with Crippen LogP contribution in [-0.4, -0.2) is 41.6 Å². The van der Waals surface area contributed by atoms with Crippen molar-refractivity contribution < 1.29 is 19.1 Å². The van der Waals surface area contributed by atoms with E-state index in [2.05, 4.69) is 0 Å². The molecule has 0 N–H and O–H groups in total. The number of para-hydroxylation sites is 1. The van der Waals surface area contributed by atoms with E-state index >= 15 is 0 Å². The Morgan fingerprint density at radius 1 is 1.26 bits per heavy atom. The normalized spacial score (nSPS) is 17.5. The van der Waals surface area contributed by atoms with Crippen molar-refractivity contribution >= 4 is 24.0 Å². The van der Waals surface area contributed by atoms with E-state index in [4.69, 9.17) is 21.1 Å². The predicted octanol–water partition coefficient (Wildman–Crippen LogP) is 3.69. The van der Waals surface area contributed by atoms with Crippen molar-refractivity contribution in [3.05, 3.63) is 29.3 Å². The number of rotatable bonds is 3. The first-order chi connectivity index (χ1) is 10.7. The molecule has 0 aromatic heterocycles. The summed E-state index contributed by atoms with van der Waals surface area (Å²) >= 11 is 6.09. The number of benzene rings is 1. The molecule has 126 valence electrons. The lowest BCUT2D eigenvalue weighted by Gasteiger charge is -2.38. The highest BCUT2D eigenvalue weighted by atomic mass is 35.5. The van der Waals surface area contributed by atoms with Crippen molar-refractivity contribution in [1.82, 2.24) is 4.90 Å². The minimum absolute atomic E-state index is 0.366. The molecule has 1 heterocycles. The molecule has 1 amide bonds. The fraction of sp³-hybridized carbons (Fsp3) is 0.529. The molecular weight excluding hydrogens is 318 g/mol. The highest BCUT2D eigenvalue weighted by molar-refractivity contribution is 6.32. The quantitative estimate of drug-likeness (QED) is 0.788. The maximum Gasteiger partial charge on any atom is 0.410 e. The SMILES string of the molecule is CC(C)(C)OC(=O)N1CCC(C=O)(Oc2ccccc2Cl)CC1. The second-order valence-corrected chi connectivity index (χ2v) is 7.09. The van der Waals surface area contributed by atoms with Crippen molar-refractivity contribution in [3.63, 3.8) is 0 Å². The van der Waals surface area contributed by atoms with Gasteiger partial charge in [0.1, 0.15) is 11.4 Å². The highest BCUT2D eigenvalue weighted by Gasteiger charge is 2.39. The van der Waals surface area contributed by atoms with Crippen LogP contribution in [0.1, 0.15) is 33.6 Å². The molecule has 0 bridgehead atoms. The summed E-state index contributed by atoms with van der Waals surface area (Å²) in [5.41, 5.74) is -1.49. The van der Waals surface area contributed by atoms with Gasteiger partial charge in [-0.05, 0) is 32.9 Å². The van der Waals surface area contributed by atoms with Crippen LogP contribution in [0.4, 0.5) is 4.79 Å². The molecular formula is C17H22ClNO4. The van der Waals surface area contributed by atoms with Crippen molar-refractivity contribution in [1.29, 1.82) is 0 Å². The van der Waals surface area contributed by atoms with Crippen LogP contribution in [0.15, 0.2) is 24.3 Å². The lowest BCUT2D eigenvalue weighted by Crippen LogP contribution is -2.51. The largest absolute Gasteiger partial charge is 0.478 e. The Kier molecular flexibility index (Phi) is 5.19. The third-order valence-corrected chi connectivity index (χ3v) is 3.94. The minimum atomic E-state index is -0.955. The third kappa shape index (κ3) is 4.61. The molecule has 0 radical (unpaired) electrons. The van der Waals surface area contributed by atoms with E-state index in [1.807, 2.05) is 20.8 Å². The molecule has 23 heavy (non-hydrogen) atoms. The standard InChI is InChI=1S/C17H22ClNO4/c1-16(2,3)23-15(21)19-10-8-17(12-20,9-11-19)22-14-7-5-4-6-13(14)18/h4-7,12H,8-11H2,1-3H3. The van der Waals surface area contributed by atoms with Crippen LogP contribution in [0.3, 0.4) is 0 Å². The van der Waals surface area contributed by atoms with E-state index in [9.17, 15) is 9.59 Å². The number of halogens is 1. The zero-order valence-electron chi connectivity index (χ0n) is 13.7. The Morgan fingerprint density at radius 2 is 1.87 bits per heavy atom. The zero-order valence-corrected chi connectivity index (χ0v) is 14.4. The van der Waals surface area contributed by atoms with Crippen LogP contribution in [0.2, 0.25) is 5.02 Å². The van der Waals surface area contributed by atoms with E-state index < -0.39 is 11.2 Å². The van der Waals surface area contributed by atoms with Gasteiger partial charge in [-0.1, -0.05) is 23.7 Å². The van der Waals surface area contributed by atoms with Crippen LogP contribution in [0.25, 0.3) is 0 Å². The van der Waals surface area contributed by atoms with Crippen molar-refractivity contribution in [2.24, 2.45) is 0 Å². The van der Waals surface area contributed by atoms with E-state index in [1.54, 1.807) is 29.2 Å². The van der Waals surface area contributed by atoms with Gasteiger partial charge in [-0.25, -0.2) is 4.79 Å². The molecule has 1 aliphatic rings. The Balaban J connectivity index is 2.01. The zero-order chi connectivity index (χ0) is 17.1. The van der Waals surface area contributed by atoms with Gasteiger partial charge in [0, 0.05) is 25.9 Å². The number of piperidine rings is 1. The molecule has 0 unspecified atom stereocenters. The predicted molar refractivity (Wildman–Crippen MR) is 87.9 cm³/mol. The molecule has 0 atom stereocenters. The van der Waals surface area contributed by atoms with Gasteiger partial charge in [0.15, 0.2) is 11.9 Å².